The summed E-state index contributed by atoms with van der Waals surface area (Å²) in [5, 5.41) is 13.8. The number of hydrogen-bond acceptors (Lipinski definition) is 5. The van der Waals surface area contributed by atoms with Gasteiger partial charge >= 0.3 is 0 Å². The highest BCUT2D eigenvalue weighted by Gasteiger charge is 2.23. The molecule has 2 aromatic heterocycles. The highest BCUT2D eigenvalue weighted by Crippen LogP contribution is 2.21. The van der Waals surface area contributed by atoms with Crippen molar-refractivity contribution in [2.75, 3.05) is 19.7 Å². The van der Waals surface area contributed by atoms with Crippen molar-refractivity contribution >= 4 is 11.6 Å². The van der Waals surface area contributed by atoms with E-state index < -0.39 is 0 Å². The fourth-order valence-electron chi connectivity index (χ4n) is 3.36. The van der Waals surface area contributed by atoms with E-state index in [2.05, 4.69) is 20.2 Å². The number of nitrogens with zero attached hydrogens (tertiary/aromatic N) is 6. The Balaban J connectivity index is 1.42. The van der Waals surface area contributed by atoms with Crippen LogP contribution < -0.4 is 0 Å². The SMILES string of the molecule is Cc1cnn(CC2CN(Cc3nnc(-c4ccc(Cl)cc4)n3C)CCO2)c1. The maximum Gasteiger partial charge on any atom is 0.163 e. The summed E-state index contributed by atoms with van der Waals surface area (Å²) in [4.78, 5) is 2.36. The van der Waals surface area contributed by atoms with Crippen LogP contribution in [-0.2, 0) is 24.9 Å². The van der Waals surface area contributed by atoms with Crippen molar-refractivity contribution in [1.82, 2.24) is 29.4 Å². The summed E-state index contributed by atoms with van der Waals surface area (Å²) in [6.45, 7) is 6.00. The van der Waals surface area contributed by atoms with Crippen LogP contribution in [0.1, 0.15) is 11.4 Å². The Labute approximate surface area is 163 Å². The number of halogens is 1. The molecular formula is C19H23ClN6O. The quantitative estimate of drug-likeness (QED) is 0.674. The Bertz CT molecular complexity index is 903. The lowest BCUT2D eigenvalue weighted by Gasteiger charge is -2.32. The van der Waals surface area contributed by atoms with Gasteiger partial charge in [0.2, 0.25) is 0 Å². The van der Waals surface area contributed by atoms with E-state index in [4.69, 9.17) is 16.3 Å². The van der Waals surface area contributed by atoms with Crippen LogP contribution in [0.25, 0.3) is 11.4 Å². The van der Waals surface area contributed by atoms with Crippen molar-refractivity contribution in [3.8, 4) is 11.4 Å². The lowest BCUT2D eigenvalue weighted by molar-refractivity contribution is -0.0411. The van der Waals surface area contributed by atoms with Gasteiger partial charge in [0.25, 0.3) is 0 Å². The number of hydrogen-bond donors (Lipinski definition) is 0. The molecule has 0 N–H and O–H groups in total. The molecule has 27 heavy (non-hydrogen) atoms. The van der Waals surface area contributed by atoms with E-state index >= 15 is 0 Å². The van der Waals surface area contributed by atoms with E-state index in [9.17, 15) is 0 Å². The van der Waals surface area contributed by atoms with Crippen LogP contribution in [0.2, 0.25) is 5.02 Å². The van der Waals surface area contributed by atoms with Crippen molar-refractivity contribution in [3.05, 3.63) is 53.1 Å². The standard InChI is InChI=1S/C19H23ClN6O/c1-14-9-21-26(10-14)12-17-11-25(7-8-27-17)13-18-22-23-19(24(18)2)15-3-5-16(20)6-4-15/h3-6,9-10,17H,7-8,11-13H2,1-2H3. The third-order valence-electron chi connectivity index (χ3n) is 4.81. The summed E-state index contributed by atoms with van der Waals surface area (Å²) in [6.07, 6.45) is 4.05. The zero-order valence-electron chi connectivity index (χ0n) is 15.5. The monoisotopic (exact) mass is 386 g/mol. The molecule has 0 spiro atoms. The third kappa shape index (κ3) is 4.21. The number of aryl methyl sites for hydroxylation is 1. The van der Waals surface area contributed by atoms with Crippen LogP contribution in [0, 0.1) is 6.92 Å². The van der Waals surface area contributed by atoms with Gasteiger partial charge in [0.1, 0.15) is 5.82 Å². The van der Waals surface area contributed by atoms with Crippen molar-refractivity contribution in [2.24, 2.45) is 7.05 Å². The summed E-state index contributed by atoms with van der Waals surface area (Å²) in [5.74, 6) is 1.79. The number of rotatable bonds is 5. The molecule has 1 aromatic carbocycles. The van der Waals surface area contributed by atoms with Crippen molar-refractivity contribution in [1.29, 1.82) is 0 Å². The average molecular weight is 387 g/mol. The lowest BCUT2D eigenvalue weighted by atomic mass is 10.2. The Morgan fingerprint density at radius 1 is 1.22 bits per heavy atom. The first-order valence-electron chi connectivity index (χ1n) is 9.06. The number of benzene rings is 1. The van der Waals surface area contributed by atoms with Crippen LogP contribution in [-0.4, -0.2) is 55.2 Å². The van der Waals surface area contributed by atoms with E-state index in [-0.39, 0.29) is 6.10 Å². The van der Waals surface area contributed by atoms with Crippen molar-refractivity contribution < 1.29 is 4.74 Å². The van der Waals surface area contributed by atoms with E-state index in [0.29, 0.717) is 11.6 Å². The predicted octanol–water partition coefficient (Wildman–Crippen LogP) is 2.54. The second-order valence-electron chi connectivity index (χ2n) is 6.97. The first-order valence-corrected chi connectivity index (χ1v) is 9.43. The van der Waals surface area contributed by atoms with Gasteiger partial charge in [-0.1, -0.05) is 11.6 Å². The predicted molar refractivity (Wildman–Crippen MR) is 103 cm³/mol. The van der Waals surface area contributed by atoms with Crippen LogP contribution in [0.15, 0.2) is 36.7 Å². The Morgan fingerprint density at radius 2 is 2.04 bits per heavy atom. The Morgan fingerprint density at radius 3 is 2.78 bits per heavy atom. The zero-order chi connectivity index (χ0) is 18.8. The molecule has 1 atom stereocenters. The van der Waals surface area contributed by atoms with Crippen LogP contribution >= 0.6 is 11.6 Å². The minimum absolute atomic E-state index is 0.127. The molecule has 3 heterocycles. The van der Waals surface area contributed by atoms with Crippen molar-refractivity contribution in [2.45, 2.75) is 26.1 Å². The highest BCUT2D eigenvalue weighted by molar-refractivity contribution is 6.30. The minimum Gasteiger partial charge on any atom is -0.374 e. The van der Waals surface area contributed by atoms with Gasteiger partial charge < -0.3 is 9.30 Å². The van der Waals surface area contributed by atoms with Crippen LogP contribution in [0.4, 0.5) is 0 Å². The molecule has 0 saturated carbocycles. The van der Waals surface area contributed by atoms with Gasteiger partial charge in [-0.05, 0) is 36.8 Å². The average Bonchev–Trinajstić information content (AvgIpc) is 3.22. The maximum atomic E-state index is 5.98. The first-order chi connectivity index (χ1) is 13.1. The molecular weight excluding hydrogens is 364 g/mol. The second kappa shape index (κ2) is 7.80. The normalized spacial score (nSPS) is 18.1. The fourth-order valence-corrected chi connectivity index (χ4v) is 3.49. The molecule has 4 rings (SSSR count). The number of morpholine rings is 1. The third-order valence-corrected chi connectivity index (χ3v) is 5.06. The zero-order valence-corrected chi connectivity index (χ0v) is 16.3. The minimum atomic E-state index is 0.127. The molecule has 1 aliphatic rings. The topological polar surface area (TPSA) is 61.0 Å². The van der Waals surface area contributed by atoms with E-state index in [1.807, 2.05) is 59.9 Å². The molecule has 0 aliphatic carbocycles. The summed E-state index contributed by atoms with van der Waals surface area (Å²) >= 11 is 5.98. The molecule has 142 valence electrons. The molecule has 3 aromatic rings. The van der Waals surface area contributed by atoms with Crippen molar-refractivity contribution in [3.63, 3.8) is 0 Å². The van der Waals surface area contributed by atoms with Gasteiger partial charge in [-0.25, -0.2) is 0 Å². The molecule has 1 saturated heterocycles. The summed E-state index contributed by atoms with van der Waals surface area (Å²) < 4.78 is 9.91. The Hall–Kier alpha value is -2.22. The Kier molecular flexibility index (Phi) is 5.24. The van der Waals surface area contributed by atoms with Gasteiger partial charge in [0.15, 0.2) is 5.82 Å². The molecule has 1 unspecified atom stereocenters. The molecule has 8 heteroatoms. The number of ether oxygens (including phenoxy) is 1. The van der Waals surface area contributed by atoms with Crippen LogP contribution in [0.3, 0.4) is 0 Å². The van der Waals surface area contributed by atoms with Gasteiger partial charge in [-0.2, -0.15) is 5.10 Å². The summed E-state index contributed by atoms with van der Waals surface area (Å²) in [7, 11) is 2.00. The largest absolute Gasteiger partial charge is 0.374 e. The molecule has 0 radical (unpaired) electrons. The first kappa shape index (κ1) is 18.2. The number of aromatic nitrogens is 5. The van der Waals surface area contributed by atoms with Crippen LogP contribution in [0.5, 0.6) is 0 Å². The fraction of sp³-hybridized carbons (Fsp3) is 0.421. The van der Waals surface area contributed by atoms with Gasteiger partial charge in [0.05, 0.1) is 32.0 Å². The van der Waals surface area contributed by atoms with Gasteiger partial charge in [-0.3, -0.25) is 9.58 Å². The lowest BCUT2D eigenvalue weighted by Crippen LogP contribution is -2.44. The molecule has 0 amide bonds. The smallest absolute Gasteiger partial charge is 0.163 e. The second-order valence-corrected chi connectivity index (χ2v) is 7.41. The summed E-state index contributed by atoms with van der Waals surface area (Å²) in [6, 6.07) is 7.67. The molecule has 0 bridgehead atoms. The maximum absolute atomic E-state index is 5.98. The van der Waals surface area contributed by atoms with E-state index in [1.54, 1.807) is 0 Å². The van der Waals surface area contributed by atoms with Gasteiger partial charge in [-0.15, -0.1) is 10.2 Å². The van der Waals surface area contributed by atoms with Gasteiger partial charge in [0, 0.05) is 36.9 Å². The van der Waals surface area contributed by atoms with E-state index in [1.165, 1.54) is 0 Å². The molecule has 7 nitrogen and oxygen atoms in total. The highest BCUT2D eigenvalue weighted by atomic mass is 35.5. The summed E-state index contributed by atoms with van der Waals surface area (Å²) in [5.41, 5.74) is 2.17. The molecule has 1 aliphatic heterocycles. The van der Waals surface area contributed by atoms with E-state index in [0.717, 1.165) is 49.0 Å². The molecule has 1 fully saturated rings.